The predicted molar refractivity (Wildman–Crippen MR) is 55.3 cm³/mol. The molecule has 0 bridgehead atoms. The second kappa shape index (κ2) is 4.57. The number of likely N-dealkylation sites (tertiary alicyclic amines) is 1. The highest BCUT2D eigenvalue weighted by molar-refractivity contribution is 5.10. The summed E-state index contributed by atoms with van der Waals surface area (Å²) in [4.78, 5) is 5.91. The van der Waals surface area contributed by atoms with Gasteiger partial charge in [0.2, 0.25) is 11.8 Å². The van der Waals surface area contributed by atoms with Crippen molar-refractivity contribution in [1.29, 1.82) is 0 Å². The molecule has 1 aliphatic heterocycles. The third-order valence-electron chi connectivity index (χ3n) is 2.78. The van der Waals surface area contributed by atoms with Gasteiger partial charge in [-0.2, -0.15) is 9.37 Å². The monoisotopic (exact) mass is 210 g/mol. The molecule has 1 fully saturated rings. The minimum absolute atomic E-state index is 0.371. The summed E-state index contributed by atoms with van der Waals surface area (Å²) in [6.45, 7) is 1.71. The molecule has 1 atom stereocenters. The lowest BCUT2D eigenvalue weighted by molar-refractivity contribution is 0.192. The lowest BCUT2D eigenvalue weighted by atomic mass is 10.2. The van der Waals surface area contributed by atoms with Crippen LogP contribution >= 0.6 is 0 Å². The standard InChI is InChI=1S/C11H15FN2O/c1-14-7-3-4-9(14)8-15-11-6-2-5-10(12)13-11/h2,5-6,9H,3-4,7-8H2,1H3/t9-/m0/s1. The molecule has 2 heterocycles. The van der Waals surface area contributed by atoms with Crippen LogP contribution in [0.3, 0.4) is 0 Å². The molecule has 82 valence electrons. The highest BCUT2D eigenvalue weighted by Crippen LogP contribution is 2.16. The minimum Gasteiger partial charge on any atom is -0.476 e. The van der Waals surface area contributed by atoms with Gasteiger partial charge >= 0.3 is 0 Å². The Labute approximate surface area is 88.9 Å². The first kappa shape index (κ1) is 10.4. The number of pyridine rings is 1. The Morgan fingerprint density at radius 2 is 2.47 bits per heavy atom. The van der Waals surface area contributed by atoms with E-state index >= 15 is 0 Å². The average Bonchev–Trinajstić information content (AvgIpc) is 2.61. The normalized spacial score (nSPS) is 21.9. The van der Waals surface area contributed by atoms with Gasteiger partial charge in [-0.15, -0.1) is 0 Å². The number of hydrogen-bond donors (Lipinski definition) is 0. The number of ether oxygens (including phenoxy) is 1. The van der Waals surface area contributed by atoms with Crippen LogP contribution in [0.2, 0.25) is 0 Å². The summed E-state index contributed by atoms with van der Waals surface area (Å²) in [6.07, 6.45) is 2.35. The minimum atomic E-state index is -0.493. The van der Waals surface area contributed by atoms with Gasteiger partial charge < -0.3 is 9.64 Å². The molecular formula is C11H15FN2O. The molecule has 0 spiro atoms. The summed E-state index contributed by atoms with van der Waals surface area (Å²) >= 11 is 0. The maximum absolute atomic E-state index is 12.7. The molecule has 1 aromatic heterocycles. The van der Waals surface area contributed by atoms with Gasteiger partial charge in [0.1, 0.15) is 6.61 Å². The van der Waals surface area contributed by atoms with Crippen molar-refractivity contribution >= 4 is 0 Å². The van der Waals surface area contributed by atoms with E-state index in [9.17, 15) is 4.39 Å². The fourth-order valence-corrected chi connectivity index (χ4v) is 1.84. The molecule has 3 nitrogen and oxygen atoms in total. The van der Waals surface area contributed by atoms with Crippen molar-refractivity contribution in [3.63, 3.8) is 0 Å². The largest absolute Gasteiger partial charge is 0.476 e. The van der Waals surface area contributed by atoms with Crippen LogP contribution in [0.15, 0.2) is 18.2 Å². The summed E-state index contributed by atoms with van der Waals surface area (Å²) < 4.78 is 18.2. The van der Waals surface area contributed by atoms with Crippen molar-refractivity contribution in [2.45, 2.75) is 18.9 Å². The summed E-state index contributed by atoms with van der Waals surface area (Å²) in [5, 5.41) is 0. The van der Waals surface area contributed by atoms with Crippen LogP contribution in [0.25, 0.3) is 0 Å². The molecule has 0 unspecified atom stereocenters. The highest BCUT2D eigenvalue weighted by Gasteiger charge is 2.21. The number of halogens is 1. The molecule has 1 aliphatic rings. The van der Waals surface area contributed by atoms with E-state index < -0.39 is 5.95 Å². The zero-order valence-electron chi connectivity index (χ0n) is 8.82. The molecule has 1 saturated heterocycles. The lowest BCUT2D eigenvalue weighted by Gasteiger charge is -2.19. The number of rotatable bonds is 3. The Kier molecular flexibility index (Phi) is 3.16. The van der Waals surface area contributed by atoms with Gasteiger partial charge in [0.05, 0.1) is 0 Å². The summed E-state index contributed by atoms with van der Waals surface area (Å²) in [5.41, 5.74) is 0. The molecule has 2 rings (SSSR count). The van der Waals surface area contributed by atoms with Crippen LogP contribution in [0.1, 0.15) is 12.8 Å². The average molecular weight is 210 g/mol. The van der Waals surface area contributed by atoms with Crippen LogP contribution in [0.4, 0.5) is 4.39 Å². The van der Waals surface area contributed by atoms with Crippen molar-refractivity contribution in [3.8, 4) is 5.88 Å². The van der Waals surface area contributed by atoms with E-state index in [1.807, 2.05) is 0 Å². The second-order valence-electron chi connectivity index (χ2n) is 3.89. The molecule has 1 aromatic rings. The van der Waals surface area contributed by atoms with E-state index in [1.54, 1.807) is 12.1 Å². The highest BCUT2D eigenvalue weighted by atomic mass is 19.1. The Morgan fingerprint density at radius 3 is 3.13 bits per heavy atom. The van der Waals surface area contributed by atoms with E-state index in [0.29, 0.717) is 18.5 Å². The van der Waals surface area contributed by atoms with Gasteiger partial charge in [0.15, 0.2) is 0 Å². The molecule has 0 aliphatic carbocycles. The first-order valence-electron chi connectivity index (χ1n) is 5.21. The molecule has 0 amide bonds. The third kappa shape index (κ3) is 2.65. The van der Waals surface area contributed by atoms with Crippen LogP contribution in [0, 0.1) is 5.95 Å². The topological polar surface area (TPSA) is 25.4 Å². The number of nitrogens with zero attached hydrogens (tertiary/aromatic N) is 2. The van der Waals surface area contributed by atoms with Gasteiger partial charge in [-0.1, -0.05) is 6.07 Å². The number of aromatic nitrogens is 1. The summed E-state index contributed by atoms with van der Waals surface area (Å²) in [5.74, 6) is -0.123. The second-order valence-corrected chi connectivity index (χ2v) is 3.89. The molecular weight excluding hydrogens is 195 g/mol. The van der Waals surface area contributed by atoms with E-state index in [4.69, 9.17) is 4.74 Å². The van der Waals surface area contributed by atoms with Crippen LogP contribution in [-0.2, 0) is 0 Å². The fraction of sp³-hybridized carbons (Fsp3) is 0.545. The Hall–Kier alpha value is -1.16. The van der Waals surface area contributed by atoms with Crippen molar-refractivity contribution in [2.24, 2.45) is 0 Å². The first-order chi connectivity index (χ1) is 7.25. The van der Waals surface area contributed by atoms with Gasteiger partial charge in [-0.25, -0.2) is 0 Å². The summed E-state index contributed by atoms with van der Waals surface area (Å²) in [6, 6.07) is 5.04. The molecule has 15 heavy (non-hydrogen) atoms. The van der Waals surface area contributed by atoms with E-state index in [0.717, 1.165) is 13.0 Å². The van der Waals surface area contributed by atoms with Gasteiger partial charge in [0.25, 0.3) is 0 Å². The number of hydrogen-bond acceptors (Lipinski definition) is 3. The van der Waals surface area contributed by atoms with Crippen molar-refractivity contribution in [2.75, 3.05) is 20.2 Å². The molecule has 0 radical (unpaired) electrons. The van der Waals surface area contributed by atoms with Crippen molar-refractivity contribution in [3.05, 3.63) is 24.1 Å². The zero-order valence-corrected chi connectivity index (χ0v) is 8.82. The van der Waals surface area contributed by atoms with Gasteiger partial charge in [-0.05, 0) is 32.5 Å². The van der Waals surface area contributed by atoms with Crippen LogP contribution in [-0.4, -0.2) is 36.1 Å². The fourth-order valence-electron chi connectivity index (χ4n) is 1.84. The smallest absolute Gasteiger partial charge is 0.216 e. The van der Waals surface area contributed by atoms with Gasteiger partial charge in [0, 0.05) is 12.1 Å². The van der Waals surface area contributed by atoms with Crippen molar-refractivity contribution in [1.82, 2.24) is 9.88 Å². The zero-order chi connectivity index (χ0) is 10.7. The van der Waals surface area contributed by atoms with Crippen LogP contribution < -0.4 is 4.74 Å². The predicted octanol–water partition coefficient (Wildman–Crippen LogP) is 1.69. The summed E-state index contributed by atoms with van der Waals surface area (Å²) in [7, 11) is 2.08. The Bertz CT molecular complexity index is 332. The van der Waals surface area contributed by atoms with Crippen LogP contribution in [0.5, 0.6) is 5.88 Å². The first-order valence-corrected chi connectivity index (χ1v) is 5.21. The maximum atomic E-state index is 12.7. The van der Waals surface area contributed by atoms with E-state index in [2.05, 4.69) is 16.9 Å². The lowest BCUT2D eigenvalue weighted by Crippen LogP contribution is -2.30. The third-order valence-corrected chi connectivity index (χ3v) is 2.78. The maximum Gasteiger partial charge on any atom is 0.216 e. The Balaban J connectivity index is 1.87. The molecule has 0 saturated carbocycles. The Morgan fingerprint density at radius 1 is 1.60 bits per heavy atom. The number of likely N-dealkylation sites (N-methyl/N-ethyl adjacent to an activating group) is 1. The van der Waals surface area contributed by atoms with E-state index in [1.165, 1.54) is 12.5 Å². The molecule has 0 N–H and O–H groups in total. The van der Waals surface area contributed by atoms with Gasteiger partial charge in [-0.3, -0.25) is 0 Å². The van der Waals surface area contributed by atoms with Crippen molar-refractivity contribution < 1.29 is 9.13 Å². The SMILES string of the molecule is CN1CCC[C@H]1COc1cccc(F)n1. The molecule has 4 heteroatoms. The van der Waals surface area contributed by atoms with E-state index in [-0.39, 0.29) is 0 Å². The quantitative estimate of drug-likeness (QED) is 0.710. The molecule has 0 aromatic carbocycles.